The maximum atomic E-state index is 13.8. The summed E-state index contributed by atoms with van der Waals surface area (Å²) in [4.78, 5) is 14.1. The molecule has 4 aliphatic carbocycles. The van der Waals surface area contributed by atoms with Crippen molar-refractivity contribution in [3.8, 4) is 5.75 Å². The summed E-state index contributed by atoms with van der Waals surface area (Å²) < 4.78 is 28.9. The smallest absolute Gasteiger partial charge is 0.226 e. The summed E-state index contributed by atoms with van der Waals surface area (Å²) in [6.45, 7) is 1.98. The Bertz CT molecular complexity index is 1140. The molecule has 0 spiro atoms. The molecule has 6 rings (SSSR count). The van der Waals surface area contributed by atoms with E-state index in [0.717, 1.165) is 30.6 Å². The minimum atomic E-state index is -3.23. The molecule has 5 nitrogen and oxygen atoms in total. The third kappa shape index (κ3) is 3.96. The van der Waals surface area contributed by atoms with Gasteiger partial charge in [-0.3, -0.25) is 4.79 Å². The van der Waals surface area contributed by atoms with Gasteiger partial charge in [0.15, 0.2) is 9.84 Å². The molecule has 0 aromatic heterocycles. The number of sulfone groups is 1. The van der Waals surface area contributed by atoms with Gasteiger partial charge in [0.2, 0.25) is 5.91 Å². The van der Waals surface area contributed by atoms with E-state index in [9.17, 15) is 13.2 Å². The molecule has 1 N–H and O–H groups in total. The van der Waals surface area contributed by atoms with E-state index in [1.807, 2.05) is 19.1 Å². The Morgan fingerprint density at radius 1 is 1.00 bits per heavy atom. The van der Waals surface area contributed by atoms with Crippen LogP contribution in [0.3, 0.4) is 0 Å². The fourth-order valence-electron chi connectivity index (χ4n) is 7.25. The molecule has 0 heterocycles. The number of benzene rings is 2. The van der Waals surface area contributed by atoms with E-state index >= 15 is 0 Å². The van der Waals surface area contributed by atoms with E-state index in [1.165, 1.54) is 31.1 Å². The largest absolute Gasteiger partial charge is 0.497 e. The molecule has 176 valence electrons. The number of carbonyl (C=O) groups is 1. The first-order valence-electron chi connectivity index (χ1n) is 11.9. The molecule has 33 heavy (non-hydrogen) atoms. The molecule has 0 aliphatic heterocycles. The van der Waals surface area contributed by atoms with Gasteiger partial charge in [-0.1, -0.05) is 24.3 Å². The first-order chi connectivity index (χ1) is 15.6. The highest BCUT2D eigenvalue weighted by atomic mass is 32.2. The molecule has 6 heteroatoms. The van der Waals surface area contributed by atoms with Crippen molar-refractivity contribution in [2.24, 2.45) is 17.3 Å². The lowest BCUT2D eigenvalue weighted by atomic mass is 9.42. The van der Waals surface area contributed by atoms with Crippen LogP contribution in [-0.2, 0) is 20.0 Å². The second-order valence-electron chi connectivity index (χ2n) is 10.8. The molecule has 3 atom stereocenters. The molecule has 4 bridgehead atoms. The van der Waals surface area contributed by atoms with Crippen LogP contribution in [-0.4, -0.2) is 27.7 Å². The van der Waals surface area contributed by atoms with Crippen molar-refractivity contribution in [3.05, 3.63) is 59.7 Å². The van der Waals surface area contributed by atoms with Crippen LogP contribution in [0.25, 0.3) is 0 Å². The third-order valence-corrected chi connectivity index (χ3v) is 9.53. The topological polar surface area (TPSA) is 72.5 Å². The normalized spacial score (nSPS) is 31.2. The van der Waals surface area contributed by atoms with Gasteiger partial charge in [-0.25, -0.2) is 8.42 Å². The molecule has 4 aliphatic rings. The van der Waals surface area contributed by atoms with Crippen molar-refractivity contribution in [1.29, 1.82) is 0 Å². The molecule has 4 saturated carbocycles. The number of ether oxygens (including phenoxy) is 1. The average molecular weight is 468 g/mol. The lowest BCUT2D eigenvalue weighted by molar-refractivity contribution is -0.149. The fourth-order valence-corrected chi connectivity index (χ4v) is 7.88. The van der Waals surface area contributed by atoms with Crippen molar-refractivity contribution < 1.29 is 17.9 Å². The predicted octanol–water partition coefficient (Wildman–Crippen LogP) is 4.81. The van der Waals surface area contributed by atoms with E-state index in [-0.39, 0.29) is 22.8 Å². The zero-order chi connectivity index (χ0) is 23.4. The average Bonchev–Trinajstić information content (AvgIpc) is 2.77. The minimum Gasteiger partial charge on any atom is -0.497 e. The molecule has 2 aromatic rings. The van der Waals surface area contributed by atoms with Crippen LogP contribution in [0.2, 0.25) is 0 Å². The minimum absolute atomic E-state index is 0.0774. The highest BCUT2D eigenvalue weighted by molar-refractivity contribution is 7.90. The SMILES string of the molecule is COc1ccc(C23CC4CC(CC(C(=O)NC(C)c5ccc(S(C)(=O)=O)cc5)(C4)C2)C3)cc1. The Morgan fingerprint density at radius 2 is 1.61 bits per heavy atom. The number of carbonyl (C=O) groups excluding carboxylic acids is 1. The second-order valence-corrected chi connectivity index (χ2v) is 12.8. The lowest BCUT2D eigenvalue weighted by Crippen LogP contribution is -2.59. The van der Waals surface area contributed by atoms with Gasteiger partial charge < -0.3 is 10.1 Å². The molecule has 1 amide bonds. The molecule has 3 unspecified atom stereocenters. The number of hydrogen-bond donors (Lipinski definition) is 1. The van der Waals surface area contributed by atoms with Gasteiger partial charge in [-0.15, -0.1) is 0 Å². The summed E-state index contributed by atoms with van der Waals surface area (Å²) >= 11 is 0. The molecule has 4 fully saturated rings. The van der Waals surface area contributed by atoms with Gasteiger partial charge in [0.05, 0.1) is 23.5 Å². The quantitative estimate of drug-likeness (QED) is 0.661. The number of nitrogens with one attached hydrogen (secondary N) is 1. The monoisotopic (exact) mass is 467 g/mol. The highest BCUT2D eigenvalue weighted by Crippen LogP contribution is 2.65. The molecule has 0 radical (unpaired) electrons. The lowest BCUT2D eigenvalue weighted by Gasteiger charge is -2.61. The Morgan fingerprint density at radius 3 is 2.15 bits per heavy atom. The van der Waals surface area contributed by atoms with Crippen LogP contribution in [0.1, 0.15) is 62.6 Å². The van der Waals surface area contributed by atoms with Crippen LogP contribution >= 0.6 is 0 Å². The van der Waals surface area contributed by atoms with Crippen molar-refractivity contribution in [2.75, 3.05) is 13.4 Å². The van der Waals surface area contributed by atoms with E-state index in [4.69, 9.17) is 4.74 Å². The van der Waals surface area contributed by atoms with Crippen LogP contribution in [0.4, 0.5) is 0 Å². The zero-order valence-corrected chi connectivity index (χ0v) is 20.5. The van der Waals surface area contributed by atoms with Crippen LogP contribution in [0.5, 0.6) is 5.75 Å². The Balaban J connectivity index is 1.37. The van der Waals surface area contributed by atoms with Crippen molar-refractivity contribution in [2.45, 2.75) is 61.8 Å². The fraction of sp³-hybridized carbons (Fsp3) is 0.519. The molecular weight excluding hydrogens is 434 g/mol. The van der Waals surface area contributed by atoms with Gasteiger partial charge in [0.25, 0.3) is 0 Å². The predicted molar refractivity (Wildman–Crippen MR) is 128 cm³/mol. The van der Waals surface area contributed by atoms with E-state index in [1.54, 1.807) is 31.4 Å². The number of hydrogen-bond acceptors (Lipinski definition) is 4. The number of rotatable bonds is 6. The summed E-state index contributed by atoms with van der Waals surface area (Å²) in [6, 6.07) is 15.2. The molecule has 2 aromatic carbocycles. The standard InChI is InChI=1S/C27H33NO4S/c1-18(21-4-10-24(11-5-21)33(3,30)31)28-25(29)27-15-19-12-20(16-27)14-26(13-19,17-27)22-6-8-23(32-2)9-7-22/h4-11,18-20H,12-17H2,1-3H3,(H,28,29). The Kier molecular flexibility index (Phi) is 5.35. The van der Waals surface area contributed by atoms with Crippen LogP contribution < -0.4 is 10.1 Å². The van der Waals surface area contributed by atoms with Crippen molar-refractivity contribution in [1.82, 2.24) is 5.32 Å². The first kappa shape index (κ1) is 22.5. The van der Waals surface area contributed by atoms with Gasteiger partial charge in [-0.2, -0.15) is 0 Å². The maximum absolute atomic E-state index is 13.8. The van der Waals surface area contributed by atoms with Gasteiger partial charge in [0.1, 0.15) is 5.75 Å². The van der Waals surface area contributed by atoms with Crippen LogP contribution in [0.15, 0.2) is 53.4 Å². The highest BCUT2D eigenvalue weighted by Gasteiger charge is 2.61. The van der Waals surface area contributed by atoms with Crippen LogP contribution in [0, 0.1) is 17.3 Å². The van der Waals surface area contributed by atoms with Gasteiger partial charge in [-0.05, 0) is 98.1 Å². The van der Waals surface area contributed by atoms with E-state index in [2.05, 4.69) is 17.4 Å². The molecular formula is C27H33NO4S. The zero-order valence-electron chi connectivity index (χ0n) is 19.6. The first-order valence-corrected chi connectivity index (χ1v) is 13.8. The summed E-state index contributed by atoms with van der Waals surface area (Å²) in [5, 5.41) is 3.29. The number of methoxy groups -OCH3 is 1. The summed E-state index contributed by atoms with van der Waals surface area (Å²) in [5.41, 5.74) is 2.03. The summed E-state index contributed by atoms with van der Waals surface area (Å²) in [6.07, 6.45) is 7.67. The van der Waals surface area contributed by atoms with E-state index in [0.29, 0.717) is 16.7 Å². The third-order valence-electron chi connectivity index (χ3n) is 8.40. The van der Waals surface area contributed by atoms with Gasteiger partial charge >= 0.3 is 0 Å². The Hall–Kier alpha value is -2.34. The molecule has 0 saturated heterocycles. The van der Waals surface area contributed by atoms with Crippen molar-refractivity contribution in [3.63, 3.8) is 0 Å². The number of amides is 1. The Labute approximate surface area is 196 Å². The van der Waals surface area contributed by atoms with Gasteiger partial charge in [0, 0.05) is 6.26 Å². The summed E-state index contributed by atoms with van der Waals surface area (Å²) in [7, 11) is -1.54. The van der Waals surface area contributed by atoms with E-state index < -0.39 is 9.84 Å². The maximum Gasteiger partial charge on any atom is 0.226 e. The second kappa shape index (κ2) is 7.86. The summed E-state index contributed by atoms with van der Waals surface area (Å²) in [5.74, 6) is 2.23. The van der Waals surface area contributed by atoms with Crippen molar-refractivity contribution >= 4 is 15.7 Å².